The quantitative estimate of drug-likeness (QED) is 0.671. The van der Waals surface area contributed by atoms with Gasteiger partial charge in [-0.15, -0.1) is 0 Å². The Morgan fingerprint density at radius 3 is 2.65 bits per heavy atom. The molecule has 0 amide bonds. The molecule has 0 radical (unpaired) electrons. The van der Waals surface area contributed by atoms with Gasteiger partial charge in [-0.05, 0) is 53.9 Å². The SMILES string of the molecule is C=C1[C@H](C)C(OC)[C@H](C)CC12Cc1ccc(Br)cc1C2. The van der Waals surface area contributed by atoms with Gasteiger partial charge in [0.2, 0.25) is 0 Å². The normalized spacial score (nSPS) is 36.4. The minimum atomic E-state index is 0.261. The van der Waals surface area contributed by atoms with E-state index < -0.39 is 0 Å². The summed E-state index contributed by atoms with van der Waals surface area (Å²) in [7, 11) is 1.84. The van der Waals surface area contributed by atoms with Gasteiger partial charge in [0, 0.05) is 17.5 Å². The Bertz CT molecular complexity index is 550. The molecule has 3 rings (SSSR count). The fourth-order valence-corrected chi connectivity index (χ4v) is 4.98. The number of fused-ring (bicyclic) bond motifs is 1. The number of hydrogen-bond donors (Lipinski definition) is 0. The molecule has 1 fully saturated rings. The summed E-state index contributed by atoms with van der Waals surface area (Å²) in [5.41, 5.74) is 4.66. The van der Waals surface area contributed by atoms with E-state index >= 15 is 0 Å². The van der Waals surface area contributed by atoms with Crippen LogP contribution < -0.4 is 0 Å². The van der Waals surface area contributed by atoms with Crippen molar-refractivity contribution in [1.29, 1.82) is 0 Å². The number of halogens is 1. The van der Waals surface area contributed by atoms with Crippen molar-refractivity contribution in [2.45, 2.75) is 39.2 Å². The summed E-state index contributed by atoms with van der Waals surface area (Å²) in [5.74, 6) is 1.04. The highest BCUT2D eigenvalue weighted by atomic mass is 79.9. The van der Waals surface area contributed by atoms with Crippen LogP contribution in [0.15, 0.2) is 34.8 Å². The molecule has 1 spiro atoms. The molecular weight excluding hydrogens is 312 g/mol. The maximum Gasteiger partial charge on any atom is 0.0659 e. The van der Waals surface area contributed by atoms with Crippen LogP contribution in [-0.4, -0.2) is 13.2 Å². The lowest BCUT2D eigenvalue weighted by Gasteiger charge is -2.47. The molecule has 2 aliphatic rings. The van der Waals surface area contributed by atoms with Crippen LogP contribution in [0.2, 0.25) is 0 Å². The Morgan fingerprint density at radius 2 is 1.95 bits per heavy atom. The first kappa shape index (κ1) is 14.3. The smallest absolute Gasteiger partial charge is 0.0659 e. The summed E-state index contributed by atoms with van der Waals surface area (Å²) in [5, 5.41) is 0. The van der Waals surface area contributed by atoms with E-state index in [0.29, 0.717) is 17.9 Å². The van der Waals surface area contributed by atoms with Gasteiger partial charge < -0.3 is 4.74 Å². The van der Waals surface area contributed by atoms with Crippen molar-refractivity contribution in [1.82, 2.24) is 0 Å². The lowest BCUT2D eigenvalue weighted by molar-refractivity contribution is -0.0162. The van der Waals surface area contributed by atoms with Crippen LogP contribution in [0.3, 0.4) is 0 Å². The van der Waals surface area contributed by atoms with Crippen molar-refractivity contribution in [3.05, 3.63) is 46.0 Å². The van der Waals surface area contributed by atoms with Crippen molar-refractivity contribution in [3.8, 4) is 0 Å². The van der Waals surface area contributed by atoms with E-state index in [2.05, 4.69) is 54.6 Å². The summed E-state index contributed by atoms with van der Waals surface area (Å²) < 4.78 is 6.90. The molecule has 2 unspecified atom stereocenters. The summed E-state index contributed by atoms with van der Waals surface area (Å²) in [6.45, 7) is 9.09. The third-order valence-corrected chi connectivity index (χ3v) is 5.99. The Balaban J connectivity index is 1.94. The molecule has 1 aromatic carbocycles. The third-order valence-electron chi connectivity index (χ3n) is 5.50. The van der Waals surface area contributed by atoms with Crippen molar-refractivity contribution >= 4 is 15.9 Å². The molecule has 1 saturated carbocycles. The number of benzene rings is 1. The molecule has 0 bridgehead atoms. The zero-order valence-electron chi connectivity index (χ0n) is 12.6. The molecule has 1 nitrogen and oxygen atoms in total. The fourth-order valence-electron chi connectivity index (χ4n) is 4.57. The fraction of sp³-hybridized carbons (Fsp3) is 0.556. The molecule has 2 heteroatoms. The van der Waals surface area contributed by atoms with E-state index in [1.54, 1.807) is 0 Å². The number of rotatable bonds is 1. The standard InChI is InChI=1S/C18H23BrO/c1-11-8-18(13(3)12(2)17(11)20-4)9-14-5-6-16(19)7-15(14)10-18/h5-7,11-12,17H,3,8-10H2,1-2,4H3/t11-,12+,17?,18?/m1/s1. The second-order valence-corrected chi connectivity index (χ2v) is 7.66. The van der Waals surface area contributed by atoms with Crippen LogP contribution in [0.25, 0.3) is 0 Å². The largest absolute Gasteiger partial charge is 0.381 e. The molecule has 4 atom stereocenters. The zero-order chi connectivity index (χ0) is 14.5. The molecular formula is C18H23BrO. The van der Waals surface area contributed by atoms with Crippen LogP contribution in [0.1, 0.15) is 31.4 Å². The van der Waals surface area contributed by atoms with Crippen molar-refractivity contribution in [2.24, 2.45) is 17.3 Å². The molecule has 0 saturated heterocycles. The average molecular weight is 335 g/mol. The minimum absolute atomic E-state index is 0.261. The van der Waals surface area contributed by atoms with E-state index in [1.807, 2.05) is 7.11 Å². The highest BCUT2D eigenvalue weighted by molar-refractivity contribution is 9.10. The molecule has 1 aromatic rings. The maximum absolute atomic E-state index is 5.72. The first-order valence-electron chi connectivity index (χ1n) is 7.46. The van der Waals surface area contributed by atoms with Crippen LogP contribution in [0.4, 0.5) is 0 Å². The molecule has 20 heavy (non-hydrogen) atoms. The first-order chi connectivity index (χ1) is 9.47. The van der Waals surface area contributed by atoms with Gasteiger partial charge in [-0.3, -0.25) is 0 Å². The Morgan fingerprint density at radius 1 is 1.25 bits per heavy atom. The van der Waals surface area contributed by atoms with Crippen LogP contribution in [0, 0.1) is 17.3 Å². The monoisotopic (exact) mass is 334 g/mol. The number of methoxy groups -OCH3 is 1. The molecule has 0 aromatic heterocycles. The molecule has 0 N–H and O–H groups in total. The minimum Gasteiger partial charge on any atom is -0.381 e. The topological polar surface area (TPSA) is 9.23 Å². The third kappa shape index (κ3) is 2.08. The Kier molecular flexibility index (Phi) is 3.58. The van der Waals surface area contributed by atoms with Crippen LogP contribution in [-0.2, 0) is 17.6 Å². The van der Waals surface area contributed by atoms with E-state index in [1.165, 1.54) is 27.6 Å². The summed E-state index contributed by atoms with van der Waals surface area (Å²) in [4.78, 5) is 0. The summed E-state index contributed by atoms with van der Waals surface area (Å²) in [6, 6.07) is 6.72. The van der Waals surface area contributed by atoms with Gasteiger partial charge in [-0.25, -0.2) is 0 Å². The van der Waals surface area contributed by atoms with Crippen molar-refractivity contribution in [3.63, 3.8) is 0 Å². The lowest BCUT2D eigenvalue weighted by atomic mass is 9.60. The molecule has 2 aliphatic carbocycles. The van der Waals surface area contributed by atoms with Gasteiger partial charge in [-0.1, -0.05) is 48.0 Å². The Labute approximate surface area is 130 Å². The van der Waals surface area contributed by atoms with Gasteiger partial charge in [-0.2, -0.15) is 0 Å². The van der Waals surface area contributed by atoms with Crippen LogP contribution >= 0.6 is 15.9 Å². The Hall–Kier alpha value is -0.600. The number of ether oxygens (including phenoxy) is 1. The predicted octanol–water partition coefficient (Wildman–Crippen LogP) is 4.78. The lowest BCUT2D eigenvalue weighted by Crippen LogP contribution is -2.44. The summed E-state index contributed by atoms with van der Waals surface area (Å²) in [6.07, 6.45) is 3.82. The summed E-state index contributed by atoms with van der Waals surface area (Å²) >= 11 is 3.59. The van der Waals surface area contributed by atoms with E-state index in [9.17, 15) is 0 Å². The maximum atomic E-state index is 5.72. The van der Waals surface area contributed by atoms with Gasteiger partial charge >= 0.3 is 0 Å². The van der Waals surface area contributed by atoms with E-state index in [4.69, 9.17) is 4.74 Å². The van der Waals surface area contributed by atoms with E-state index in [-0.39, 0.29) is 5.41 Å². The molecule has 108 valence electrons. The molecule has 0 heterocycles. The average Bonchev–Trinajstić information content (AvgIpc) is 2.75. The van der Waals surface area contributed by atoms with E-state index in [0.717, 1.165) is 12.8 Å². The second kappa shape index (κ2) is 4.99. The van der Waals surface area contributed by atoms with Gasteiger partial charge in [0.05, 0.1) is 6.10 Å². The van der Waals surface area contributed by atoms with Gasteiger partial charge in [0.15, 0.2) is 0 Å². The van der Waals surface area contributed by atoms with Gasteiger partial charge in [0.25, 0.3) is 0 Å². The highest BCUT2D eigenvalue weighted by Crippen LogP contribution is 2.54. The molecule has 0 aliphatic heterocycles. The second-order valence-electron chi connectivity index (χ2n) is 6.74. The zero-order valence-corrected chi connectivity index (χ0v) is 14.2. The predicted molar refractivity (Wildman–Crippen MR) is 86.9 cm³/mol. The highest BCUT2D eigenvalue weighted by Gasteiger charge is 2.48. The van der Waals surface area contributed by atoms with Gasteiger partial charge in [0.1, 0.15) is 0 Å². The first-order valence-corrected chi connectivity index (χ1v) is 8.25. The van der Waals surface area contributed by atoms with Crippen molar-refractivity contribution in [2.75, 3.05) is 7.11 Å². The number of hydrogen-bond acceptors (Lipinski definition) is 1. The van der Waals surface area contributed by atoms with Crippen LogP contribution in [0.5, 0.6) is 0 Å². The van der Waals surface area contributed by atoms with Crippen molar-refractivity contribution < 1.29 is 4.74 Å².